The Morgan fingerprint density at radius 3 is 2.64 bits per heavy atom. The zero-order valence-electron chi connectivity index (χ0n) is 12.5. The van der Waals surface area contributed by atoms with Crippen molar-refractivity contribution in [2.45, 2.75) is 25.4 Å². The molecule has 0 radical (unpaired) electrons. The van der Waals surface area contributed by atoms with Gasteiger partial charge in [0.05, 0.1) is 14.2 Å². The predicted molar refractivity (Wildman–Crippen MR) is 77.8 cm³/mol. The molecule has 0 bridgehead atoms. The van der Waals surface area contributed by atoms with Gasteiger partial charge in [-0.15, -0.1) is 0 Å². The number of ether oxygens (including phenoxy) is 2. The first-order chi connectivity index (χ1) is 10.5. The first kappa shape index (κ1) is 15.8. The maximum absolute atomic E-state index is 12.5. The number of fused-ring (bicyclic) bond motifs is 1. The Balaban J connectivity index is 2.23. The molecule has 1 aromatic carbocycles. The molecule has 7 nitrogen and oxygen atoms in total. The van der Waals surface area contributed by atoms with Gasteiger partial charge in [-0.2, -0.15) is 0 Å². The lowest BCUT2D eigenvalue weighted by atomic mass is 10.1. The zero-order valence-corrected chi connectivity index (χ0v) is 12.5. The summed E-state index contributed by atoms with van der Waals surface area (Å²) < 4.78 is 9.32. The van der Waals surface area contributed by atoms with E-state index in [9.17, 15) is 14.4 Å². The van der Waals surface area contributed by atoms with Crippen LogP contribution in [0.3, 0.4) is 0 Å². The molecule has 7 heteroatoms. The van der Waals surface area contributed by atoms with E-state index < -0.39 is 18.0 Å². The van der Waals surface area contributed by atoms with Crippen LogP contribution in [0.1, 0.15) is 28.8 Å². The minimum Gasteiger partial charge on any atom is -0.469 e. The van der Waals surface area contributed by atoms with E-state index in [1.54, 1.807) is 18.2 Å². The number of nitrogens with zero attached hydrogens (tertiary/aromatic N) is 1. The SMILES string of the molecule is COC(=O)CCC(C(=O)OC)N1Cc2c(N)cccc2C1=O. The number of nitrogens with two attached hydrogens (primary N) is 1. The quantitative estimate of drug-likeness (QED) is 0.635. The smallest absolute Gasteiger partial charge is 0.328 e. The number of hydrogen-bond acceptors (Lipinski definition) is 6. The van der Waals surface area contributed by atoms with E-state index in [4.69, 9.17) is 10.5 Å². The van der Waals surface area contributed by atoms with Crippen molar-refractivity contribution in [3.63, 3.8) is 0 Å². The second-order valence-electron chi connectivity index (χ2n) is 4.96. The Morgan fingerprint density at radius 1 is 1.32 bits per heavy atom. The molecule has 0 spiro atoms. The fraction of sp³-hybridized carbons (Fsp3) is 0.400. The van der Waals surface area contributed by atoms with E-state index in [1.165, 1.54) is 19.1 Å². The van der Waals surface area contributed by atoms with Crippen LogP contribution in [0.2, 0.25) is 0 Å². The highest BCUT2D eigenvalue weighted by Crippen LogP contribution is 2.30. The summed E-state index contributed by atoms with van der Waals surface area (Å²) in [6, 6.07) is 4.22. The van der Waals surface area contributed by atoms with Crippen LogP contribution in [0.4, 0.5) is 5.69 Å². The van der Waals surface area contributed by atoms with Gasteiger partial charge in [0.2, 0.25) is 0 Å². The lowest BCUT2D eigenvalue weighted by Crippen LogP contribution is -2.42. The Hall–Kier alpha value is -2.57. The molecule has 0 saturated heterocycles. The molecule has 0 aromatic heterocycles. The number of hydrogen-bond donors (Lipinski definition) is 1. The molecule has 2 N–H and O–H groups in total. The average molecular weight is 306 g/mol. The van der Waals surface area contributed by atoms with E-state index in [2.05, 4.69) is 4.74 Å². The van der Waals surface area contributed by atoms with Crippen LogP contribution in [0, 0.1) is 0 Å². The number of methoxy groups -OCH3 is 2. The molecule has 2 rings (SSSR count). The molecule has 1 amide bonds. The van der Waals surface area contributed by atoms with Crippen molar-refractivity contribution in [1.82, 2.24) is 4.90 Å². The molecule has 1 aromatic rings. The van der Waals surface area contributed by atoms with Gasteiger partial charge in [-0.1, -0.05) is 6.07 Å². The number of carbonyl (C=O) groups excluding carboxylic acids is 3. The van der Waals surface area contributed by atoms with Crippen molar-refractivity contribution in [3.8, 4) is 0 Å². The largest absolute Gasteiger partial charge is 0.469 e. The Bertz CT molecular complexity index is 614. The monoisotopic (exact) mass is 306 g/mol. The number of rotatable bonds is 5. The van der Waals surface area contributed by atoms with Gasteiger partial charge >= 0.3 is 11.9 Å². The van der Waals surface area contributed by atoms with Crippen LogP contribution in [-0.2, 0) is 25.6 Å². The summed E-state index contributed by atoms with van der Waals surface area (Å²) in [7, 11) is 2.52. The summed E-state index contributed by atoms with van der Waals surface area (Å²) in [5, 5.41) is 0. The van der Waals surface area contributed by atoms with E-state index in [-0.39, 0.29) is 25.3 Å². The van der Waals surface area contributed by atoms with Crippen LogP contribution >= 0.6 is 0 Å². The van der Waals surface area contributed by atoms with Crippen molar-refractivity contribution in [1.29, 1.82) is 0 Å². The van der Waals surface area contributed by atoms with E-state index in [0.29, 0.717) is 16.8 Å². The normalized spacial score (nSPS) is 14.5. The van der Waals surface area contributed by atoms with Crippen LogP contribution < -0.4 is 5.73 Å². The minimum absolute atomic E-state index is 0.0197. The fourth-order valence-electron chi connectivity index (χ4n) is 2.52. The van der Waals surface area contributed by atoms with Gasteiger partial charge in [-0.25, -0.2) is 4.79 Å². The molecular weight excluding hydrogens is 288 g/mol. The lowest BCUT2D eigenvalue weighted by Gasteiger charge is -2.25. The molecular formula is C15H18N2O5. The molecule has 1 atom stereocenters. The Labute approximate surface area is 128 Å². The molecule has 1 heterocycles. The summed E-state index contributed by atoms with van der Waals surface area (Å²) in [4.78, 5) is 37.1. The van der Waals surface area contributed by atoms with Gasteiger partial charge in [0.25, 0.3) is 5.91 Å². The molecule has 1 aliphatic heterocycles. The highest BCUT2D eigenvalue weighted by atomic mass is 16.5. The Kier molecular flexibility index (Phi) is 4.65. The van der Waals surface area contributed by atoms with Gasteiger partial charge in [0.1, 0.15) is 6.04 Å². The summed E-state index contributed by atoms with van der Waals surface area (Å²) in [5.41, 5.74) is 7.56. The van der Waals surface area contributed by atoms with Crippen LogP contribution in [0.25, 0.3) is 0 Å². The lowest BCUT2D eigenvalue weighted by molar-refractivity contribution is -0.147. The maximum atomic E-state index is 12.5. The van der Waals surface area contributed by atoms with Crippen molar-refractivity contribution in [3.05, 3.63) is 29.3 Å². The topological polar surface area (TPSA) is 98.9 Å². The summed E-state index contributed by atoms with van der Waals surface area (Å²) in [6.07, 6.45) is 0.158. The number of amides is 1. The van der Waals surface area contributed by atoms with Crippen molar-refractivity contribution >= 4 is 23.5 Å². The van der Waals surface area contributed by atoms with Crippen molar-refractivity contribution in [2.24, 2.45) is 0 Å². The summed E-state index contributed by atoms with van der Waals surface area (Å²) in [6.45, 7) is 0.224. The van der Waals surface area contributed by atoms with Crippen molar-refractivity contribution in [2.75, 3.05) is 20.0 Å². The zero-order chi connectivity index (χ0) is 16.3. The third-order valence-corrected chi connectivity index (χ3v) is 3.73. The number of anilines is 1. The van der Waals surface area contributed by atoms with Gasteiger partial charge < -0.3 is 20.1 Å². The predicted octanol–water partition coefficient (Wildman–Crippen LogP) is 0.719. The molecule has 22 heavy (non-hydrogen) atoms. The van der Waals surface area contributed by atoms with Gasteiger partial charge in [-0.3, -0.25) is 9.59 Å². The highest BCUT2D eigenvalue weighted by Gasteiger charge is 2.37. The summed E-state index contributed by atoms with van der Waals surface area (Å²) in [5.74, 6) is -1.30. The van der Waals surface area contributed by atoms with E-state index in [0.717, 1.165) is 0 Å². The number of esters is 2. The third kappa shape index (κ3) is 2.88. The first-order valence-electron chi connectivity index (χ1n) is 6.82. The standard InChI is InChI=1S/C15H18N2O5/c1-21-13(18)7-6-12(15(20)22-2)17-8-10-9(14(17)19)4-3-5-11(10)16/h3-5,12H,6-8,16H2,1-2H3. The maximum Gasteiger partial charge on any atom is 0.328 e. The van der Waals surface area contributed by atoms with Gasteiger partial charge in [0, 0.05) is 29.8 Å². The minimum atomic E-state index is -0.844. The molecule has 1 aliphatic rings. The molecule has 0 aliphatic carbocycles. The number of benzene rings is 1. The molecule has 0 fully saturated rings. The molecule has 1 unspecified atom stereocenters. The third-order valence-electron chi connectivity index (χ3n) is 3.73. The van der Waals surface area contributed by atoms with Crippen molar-refractivity contribution < 1.29 is 23.9 Å². The van der Waals surface area contributed by atoms with Crippen LogP contribution in [-0.4, -0.2) is 43.0 Å². The van der Waals surface area contributed by atoms with Crippen LogP contribution in [0.15, 0.2) is 18.2 Å². The second kappa shape index (κ2) is 6.46. The number of nitrogen functional groups attached to an aromatic ring is 1. The van der Waals surface area contributed by atoms with E-state index >= 15 is 0 Å². The molecule has 118 valence electrons. The summed E-state index contributed by atoms with van der Waals surface area (Å²) >= 11 is 0. The first-order valence-corrected chi connectivity index (χ1v) is 6.82. The number of carbonyl (C=O) groups is 3. The fourth-order valence-corrected chi connectivity index (χ4v) is 2.52. The van der Waals surface area contributed by atoms with E-state index in [1.807, 2.05) is 0 Å². The average Bonchev–Trinajstić information content (AvgIpc) is 2.86. The van der Waals surface area contributed by atoms with Gasteiger partial charge in [-0.05, 0) is 18.6 Å². The van der Waals surface area contributed by atoms with Gasteiger partial charge in [0.15, 0.2) is 0 Å². The Morgan fingerprint density at radius 2 is 2.05 bits per heavy atom. The van der Waals surface area contributed by atoms with Crippen LogP contribution in [0.5, 0.6) is 0 Å². The highest BCUT2D eigenvalue weighted by molar-refractivity contribution is 6.02. The second-order valence-corrected chi connectivity index (χ2v) is 4.96. The molecule has 0 saturated carbocycles.